The number of hydrogen-bond acceptors (Lipinski definition) is 3. The molecular formula is C16H19Cl2N3O3S. The van der Waals surface area contributed by atoms with Crippen LogP contribution in [0.5, 0.6) is 0 Å². The maximum atomic E-state index is 12.4. The van der Waals surface area contributed by atoms with Crippen LogP contribution in [0.15, 0.2) is 33.9 Å². The Kier molecular flexibility index (Phi) is 6.13. The minimum absolute atomic E-state index is 0.0856. The molecule has 0 aliphatic carbocycles. The Morgan fingerprint density at radius 2 is 1.96 bits per heavy atom. The van der Waals surface area contributed by atoms with Gasteiger partial charge in [-0.1, -0.05) is 35.3 Å². The number of hydrogen-bond donors (Lipinski definition) is 1. The van der Waals surface area contributed by atoms with E-state index in [2.05, 4.69) is 9.12 Å². The third-order valence-electron chi connectivity index (χ3n) is 3.88. The van der Waals surface area contributed by atoms with Crippen molar-refractivity contribution in [3.63, 3.8) is 0 Å². The van der Waals surface area contributed by atoms with E-state index in [0.29, 0.717) is 34.4 Å². The summed E-state index contributed by atoms with van der Waals surface area (Å²) in [5.74, 6) is -0.0856. The van der Waals surface area contributed by atoms with E-state index in [1.165, 1.54) is 0 Å². The highest BCUT2D eigenvalue weighted by molar-refractivity contribution is 7.88. The third kappa shape index (κ3) is 4.96. The Morgan fingerprint density at radius 3 is 2.60 bits per heavy atom. The first-order valence-electron chi connectivity index (χ1n) is 7.57. The first kappa shape index (κ1) is 19.8. The summed E-state index contributed by atoms with van der Waals surface area (Å²) in [5, 5.41) is 0.883. The molecule has 0 spiro atoms. The summed E-state index contributed by atoms with van der Waals surface area (Å²) in [6.07, 6.45) is 0.631. The number of nitrogens with one attached hydrogen (secondary N) is 1. The highest BCUT2D eigenvalue weighted by Gasteiger charge is 2.21. The van der Waals surface area contributed by atoms with Gasteiger partial charge in [0.1, 0.15) is 0 Å². The molecule has 0 bridgehead atoms. The summed E-state index contributed by atoms with van der Waals surface area (Å²) in [4.78, 5) is 13.9. The molecule has 0 fully saturated rings. The van der Waals surface area contributed by atoms with Gasteiger partial charge in [-0.05, 0) is 37.5 Å². The van der Waals surface area contributed by atoms with Crippen LogP contribution in [-0.4, -0.2) is 32.0 Å². The van der Waals surface area contributed by atoms with Crippen molar-refractivity contribution in [1.29, 1.82) is 0 Å². The van der Waals surface area contributed by atoms with E-state index in [-0.39, 0.29) is 12.3 Å². The minimum atomic E-state index is -3.66. The fraction of sp³-hybridized carbons (Fsp3) is 0.375. The second kappa shape index (κ2) is 7.76. The van der Waals surface area contributed by atoms with Crippen LogP contribution in [0.3, 0.4) is 0 Å². The Morgan fingerprint density at radius 1 is 1.28 bits per heavy atom. The van der Waals surface area contributed by atoms with E-state index < -0.39 is 10.2 Å². The molecule has 0 saturated carbocycles. The maximum absolute atomic E-state index is 12.4. The molecule has 0 aromatic heterocycles. The Balaban J connectivity index is 2.01. The smallest absolute Gasteiger partial charge is 0.341 e. The molecule has 0 atom stereocenters. The first-order chi connectivity index (χ1) is 11.6. The predicted molar refractivity (Wildman–Crippen MR) is 100 cm³/mol. The molecule has 9 heteroatoms. The molecule has 25 heavy (non-hydrogen) atoms. The van der Waals surface area contributed by atoms with Crippen molar-refractivity contribution in [1.82, 2.24) is 9.62 Å². The van der Waals surface area contributed by atoms with E-state index in [1.54, 1.807) is 37.9 Å². The molecule has 1 N–H and O–H groups in total. The highest BCUT2D eigenvalue weighted by Crippen LogP contribution is 2.26. The zero-order valence-corrected chi connectivity index (χ0v) is 16.5. The number of benzene rings is 1. The standard InChI is InChI=1S/C16H19Cl2N3O3S/c1-10-13(11(2)20-25(23,24)19-10)7-8-15(22)21(3)9-12-5-4-6-14(17)16(12)18/h4-6,19H,7-9H2,1-3H3. The summed E-state index contributed by atoms with van der Waals surface area (Å²) in [5.41, 5.74) is 2.41. The lowest BCUT2D eigenvalue weighted by Gasteiger charge is -2.21. The van der Waals surface area contributed by atoms with Crippen LogP contribution in [0.25, 0.3) is 0 Å². The van der Waals surface area contributed by atoms with Crippen molar-refractivity contribution < 1.29 is 13.2 Å². The molecule has 2 rings (SSSR count). The first-order valence-corrected chi connectivity index (χ1v) is 9.76. The summed E-state index contributed by atoms with van der Waals surface area (Å²) < 4.78 is 29.0. The molecule has 6 nitrogen and oxygen atoms in total. The number of amides is 1. The van der Waals surface area contributed by atoms with E-state index in [0.717, 1.165) is 11.1 Å². The molecule has 1 aliphatic rings. The SMILES string of the molecule is CC1=NS(=O)(=O)NC(C)=C1CCC(=O)N(C)Cc1cccc(Cl)c1Cl. The van der Waals surface area contributed by atoms with Crippen molar-refractivity contribution in [2.45, 2.75) is 33.2 Å². The second-order valence-corrected chi connectivity index (χ2v) is 7.94. The summed E-state index contributed by atoms with van der Waals surface area (Å²) in [7, 11) is -1.98. The quantitative estimate of drug-likeness (QED) is 0.818. The fourth-order valence-electron chi connectivity index (χ4n) is 2.59. The van der Waals surface area contributed by atoms with Crippen molar-refractivity contribution in [3.05, 3.63) is 45.1 Å². The van der Waals surface area contributed by atoms with Gasteiger partial charge in [-0.15, -0.1) is 4.40 Å². The zero-order chi connectivity index (χ0) is 18.8. The molecule has 0 saturated heterocycles. The topological polar surface area (TPSA) is 78.8 Å². The number of halogens is 2. The molecule has 1 amide bonds. The van der Waals surface area contributed by atoms with Crippen LogP contribution < -0.4 is 4.72 Å². The third-order valence-corrected chi connectivity index (χ3v) is 5.82. The maximum Gasteiger partial charge on any atom is 0.342 e. The lowest BCUT2D eigenvalue weighted by atomic mass is 10.0. The number of nitrogens with zero attached hydrogens (tertiary/aromatic N) is 2. The monoisotopic (exact) mass is 403 g/mol. The largest absolute Gasteiger partial charge is 0.342 e. The Labute approximate surface area is 157 Å². The summed E-state index contributed by atoms with van der Waals surface area (Å²) >= 11 is 12.1. The average Bonchev–Trinajstić information content (AvgIpc) is 2.49. The van der Waals surface area contributed by atoms with Crippen molar-refractivity contribution in [2.75, 3.05) is 7.05 Å². The van der Waals surface area contributed by atoms with Crippen LogP contribution in [0, 0.1) is 0 Å². The van der Waals surface area contributed by atoms with Gasteiger partial charge in [0, 0.05) is 25.7 Å². The predicted octanol–water partition coefficient (Wildman–Crippen LogP) is 3.31. The van der Waals surface area contributed by atoms with Crippen molar-refractivity contribution >= 4 is 45.0 Å². The second-order valence-electron chi connectivity index (χ2n) is 5.82. The van der Waals surface area contributed by atoms with Gasteiger partial charge in [0.2, 0.25) is 5.91 Å². The molecule has 0 unspecified atom stereocenters. The number of carbonyl (C=O) groups is 1. The summed E-state index contributed by atoms with van der Waals surface area (Å²) in [6, 6.07) is 5.29. The highest BCUT2D eigenvalue weighted by atomic mass is 35.5. The zero-order valence-electron chi connectivity index (χ0n) is 14.1. The van der Waals surface area contributed by atoms with Gasteiger partial charge < -0.3 is 4.90 Å². The Bertz CT molecular complexity index is 863. The average molecular weight is 404 g/mol. The van der Waals surface area contributed by atoms with E-state index in [9.17, 15) is 13.2 Å². The van der Waals surface area contributed by atoms with Gasteiger partial charge in [0.15, 0.2) is 0 Å². The van der Waals surface area contributed by atoms with Gasteiger partial charge >= 0.3 is 10.2 Å². The van der Waals surface area contributed by atoms with Crippen LogP contribution in [0.2, 0.25) is 10.0 Å². The summed E-state index contributed by atoms with van der Waals surface area (Å²) in [6.45, 7) is 3.62. The van der Waals surface area contributed by atoms with E-state index in [1.807, 2.05) is 6.07 Å². The lowest BCUT2D eigenvalue weighted by molar-refractivity contribution is -0.130. The Hall–Kier alpha value is -1.57. The van der Waals surface area contributed by atoms with Gasteiger partial charge in [0.25, 0.3) is 0 Å². The van der Waals surface area contributed by atoms with Crippen molar-refractivity contribution in [2.24, 2.45) is 4.40 Å². The van der Waals surface area contributed by atoms with E-state index >= 15 is 0 Å². The normalized spacial score (nSPS) is 16.3. The fourth-order valence-corrected chi connectivity index (χ4v) is 4.00. The number of carbonyl (C=O) groups excluding carboxylic acids is 1. The van der Waals surface area contributed by atoms with Crippen LogP contribution in [0.1, 0.15) is 32.3 Å². The molecule has 1 aliphatic heterocycles. The molecule has 0 radical (unpaired) electrons. The minimum Gasteiger partial charge on any atom is -0.341 e. The molecule has 136 valence electrons. The molecule has 1 heterocycles. The molecular weight excluding hydrogens is 385 g/mol. The van der Waals surface area contributed by atoms with E-state index in [4.69, 9.17) is 23.2 Å². The van der Waals surface area contributed by atoms with Gasteiger partial charge in [-0.25, -0.2) is 0 Å². The number of rotatable bonds is 5. The van der Waals surface area contributed by atoms with Crippen LogP contribution in [0.4, 0.5) is 0 Å². The number of allylic oxidation sites excluding steroid dienone is 2. The van der Waals surface area contributed by atoms with Crippen molar-refractivity contribution in [3.8, 4) is 0 Å². The molecule has 1 aromatic rings. The molecule has 1 aromatic carbocycles. The van der Waals surface area contributed by atoms with Gasteiger partial charge in [0.05, 0.1) is 15.8 Å². The van der Waals surface area contributed by atoms with Crippen LogP contribution in [-0.2, 0) is 21.5 Å². The van der Waals surface area contributed by atoms with Gasteiger partial charge in [-0.2, -0.15) is 8.42 Å². The van der Waals surface area contributed by atoms with Gasteiger partial charge in [-0.3, -0.25) is 9.52 Å². The lowest BCUT2D eigenvalue weighted by Crippen LogP contribution is -2.29. The van der Waals surface area contributed by atoms with Crippen LogP contribution >= 0.6 is 23.2 Å².